The van der Waals surface area contributed by atoms with Gasteiger partial charge in [0, 0.05) is 13.1 Å². The maximum absolute atomic E-state index is 12.3. The van der Waals surface area contributed by atoms with Gasteiger partial charge in [-0.3, -0.25) is 4.79 Å². The Morgan fingerprint density at radius 2 is 1.84 bits per heavy atom. The number of amides is 1. The van der Waals surface area contributed by atoms with Gasteiger partial charge in [0.1, 0.15) is 5.38 Å². The molecule has 2 rings (SSSR count). The van der Waals surface area contributed by atoms with E-state index in [1.54, 1.807) is 17.0 Å². The summed E-state index contributed by atoms with van der Waals surface area (Å²) in [5.41, 5.74) is 0.737. The Morgan fingerprint density at radius 3 is 2.53 bits per heavy atom. The van der Waals surface area contributed by atoms with Crippen LogP contribution in [0.5, 0.6) is 0 Å². The van der Waals surface area contributed by atoms with Crippen molar-refractivity contribution >= 4 is 27.3 Å². The second-order valence-corrected chi connectivity index (χ2v) is 7.34. The normalized spacial score (nSPS) is 20.6. The Hall–Kier alpha value is -1.07. The van der Waals surface area contributed by atoms with E-state index in [4.69, 9.17) is 11.6 Å². The molecule has 0 saturated carbocycles. The van der Waals surface area contributed by atoms with Gasteiger partial charge in [-0.1, -0.05) is 30.3 Å². The number of hydrogen-bond donors (Lipinski definition) is 0. The van der Waals surface area contributed by atoms with Crippen LogP contribution in [-0.4, -0.2) is 43.8 Å². The van der Waals surface area contributed by atoms with Crippen molar-refractivity contribution in [2.45, 2.75) is 11.8 Å². The highest BCUT2D eigenvalue weighted by Gasteiger charge is 2.27. The average molecular weight is 302 g/mol. The highest BCUT2D eigenvalue weighted by Crippen LogP contribution is 2.23. The molecule has 1 heterocycles. The molecule has 1 fully saturated rings. The summed E-state index contributed by atoms with van der Waals surface area (Å²) in [4.78, 5) is 13.8. The summed E-state index contributed by atoms with van der Waals surface area (Å²) in [5.74, 6) is -0.0448. The fourth-order valence-corrected chi connectivity index (χ4v) is 3.64. The smallest absolute Gasteiger partial charge is 0.245 e. The first kappa shape index (κ1) is 14.3. The Morgan fingerprint density at radius 1 is 1.16 bits per heavy atom. The van der Waals surface area contributed by atoms with Gasteiger partial charge in [-0.05, 0) is 12.0 Å². The van der Waals surface area contributed by atoms with E-state index in [0.29, 0.717) is 13.0 Å². The topological polar surface area (TPSA) is 54.5 Å². The minimum Gasteiger partial charge on any atom is -0.340 e. The minimum atomic E-state index is -3.01. The van der Waals surface area contributed by atoms with Gasteiger partial charge in [-0.15, -0.1) is 11.6 Å². The third-order valence-electron chi connectivity index (χ3n) is 3.18. The molecule has 0 aliphatic carbocycles. The summed E-state index contributed by atoms with van der Waals surface area (Å²) in [6, 6.07) is 9.10. The monoisotopic (exact) mass is 301 g/mol. The summed E-state index contributed by atoms with van der Waals surface area (Å²) in [6.07, 6.45) is 0.479. The molecule has 0 spiro atoms. The van der Waals surface area contributed by atoms with E-state index >= 15 is 0 Å². The molecule has 1 atom stereocenters. The average Bonchev–Trinajstić information content (AvgIpc) is 2.59. The van der Waals surface area contributed by atoms with Crippen molar-refractivity contribution in [1.29, 1.82) is 0 Å². The molecule has 1 amide bonds. The predicted molar refractivity (Wildman–Crippen MR) is 74.9 cm³/mol. The van der Waals surface area contributed by atoms with Gasteiger partial charge in [0.15, 0.2) is 9.84 Å². The SMILES string of the molecule is O=C(C(Cl)c1ccccc1)N1CCCS(=O)(=O)CC1. The fraction of sp³-hybridized carbons (Fsp3) is 0.462. The number of hydrogen-bond acceptors (Lipinski definition) is 3. The van der Waals surface area contributed by atoms with Crippen molar-refractivity contribution in [2.24, 2.45) is 0 Å². The Labute approximate surface area is 118 Å². The van der Waals surface area contributed by atoms with Crippen LogP contribution in [0, 0.1) is 0 Å². The molecular formula is C13H16ClNO3S. The van der Waals surface area contributed by atoms with Crippen molar-refractivity contribution in [2.75, 3.05) is 24.6 Å². The fourth-order valence-electron chi connectivity index (χ4n) is 2.08. The summed E-state index contributed by atoms with van der Waals surface area (Å²) in [6.45, 7) is 0.686. The highest BCUT2D eigenvalue weighted by atomic mass is 35.5. The molecule has 0 radical (unpaired) electrons. The van der Waals surface area contributed by atoms with Crippen LogP contribution in [-0.2, 0) is 14.6 Å². The lowest BCUT2D eigenvalue weighted by molar-refractivity contribution is -0.130. The van der Waals surface area contributed by atoms with E-state index in [9.17, 15) is 13.2 Å². The zero-order chi connectivity index (χ0) is 13.9. The van der Waals surface area contributed by atoms with E-state index in [1.807, 2.05) is 18.2 Å². The van der Waals surface area contributed by atoms with Gasteiger partial charge >= 0.3 is 0 Å². The number of carbonyl (C=O) groups is 1. The molecular weight excluding hydrogens is 286 g/mol. The third kappa shape index (κ3) is 3.70. The van der Waals surface area contributed by atoms with E-state index in [2.05, 4.69) is 0 Å². The van der Waals surface area contributed by atoms with Crippen molar-refractivity contribution in [3.05, 3.63) is 35.9 Å². The van der Waals surface area contributed by atoms with Gasteiger partial charge < -0.3 is 4.90 Å². The van der Waals surface area contributed by atoms with E-state index in [0.717, 1.165) is 5.56 Å². The van der Waals surface area contributed by atoms with Crippen LogP contribution in [0.1, 0.15) is 17.4 Å². The van der Waals surface area contributed by atoms with Gasteiger partial charge in [-0.2, -0.15) is 0 Å². The first-order valence-corrected chi connectivity index (χ1v) is 8.43. The van der Waals surface area contributed by atoms with Crippen molar-refractivity contribution in [1.82, 2.24) is 4.90 Å². The van der Waals surface area contributed by atoms with Crippen LogP contribution >= 0.6 is 11.6 Å². The molecule has 1 aliphatic heterocycles. The number of sulfone groups is 1. The molecule has 6 heteroatoms. The zero-order valence-electron chi connectivity index (χ0n) is 10.5. The molecule has 1 aromatic rings. The minimum absolute atomic E-state index is 0.0249. The van der Waals surface area contributed by atoms with E-state index < -0.39 is 15.2 Å². The lowest BCUT2D eigenvalue weighted by atomic mass is 10.1. The first-order valence-electron chi connectivity index (χ1n) is 6.18. The number of rotatable bonds is 2. The van der Waals surface area contributed by atoms with Crippen LogP contribution in [0.15, 0.2) is 30.3 Å². The maximum atomic E-state index is 12.3. The Balaban J connectivity index is 2.07. The molecule has 1 unspecified atom stereocenters. The maximum Gasteiger partial charge on any atom is 0.245 e. The van der Waals surface area contributed by atoms with Gasteiger partial charge in [0.05, 0.1) is 11.5 Å². The van der Waals surface area contributed by atoms with Gasteiger partial charge in [-0.25, -0.2) is 8.42 Å². The van der Waals surface area contributed by atoms with E-state index in [-0.39, 0.29) is 24.0 Å². The quantitative estimate of drug-likeness (QED) is 0.780. The molecule has 0 N–H and O–H groups in total. The van der Waals surface area contributed by atoms with Crippen LogP contribution in [0.25, 0.3) is 0 Å². The van der Waals surface area contributed by atoms with Crippen LogP contribution in [0.4, 0.5) is 0 Å². The standard InChI is InChI=1S/C13H16ClNO3S/c14-12(11-5-2-1-3-6-11)13(16)15-7-4-9-19(17,18)10-8-15/h1-3,5-6,12H,4,7-10H2. The molecule has 1 aromatic carbocycles. The largest absolute Gasteiger partial charge is 0.340 e. The van der Waals surface area contributed by atoms with Crippen LogP contribution in [0.2, 0.25) is 0 Å². The molecule has 0 bridgehead atoms. The second kappa shape index (κ2) is 5.92. The summed E-state index contributed by atoms with van der Waals surface area (Å²) < 4.78 is 23.0. The third-order valence-corrected chi connectivity index (χ3v) is 5.33. The second-order valence-electron chi connectivity index (χ2n) is 4.60. The van der Waals surface area contributed by atoms with Crippen LogP contribution < -0.4 is 0 Å². The number of benzene rings is 1. The predicted octanol–water partition coefficient (Wildman–Crippen LogP) is 1.61. The van der Waals surface area contributed by atoms with E-state index in [1.165, 1.54) is 0 Å². The lowest BCUT2D eigenvalue weighted by Crippen LogP contribution is -2.35. The van der Waals surface area contributed by atoms with Crippen molar-refractivity contribution in [3.8, 4) is 0 Å². The summed E-state index contributed by atoms with van der Waals surface area (Å²) in [5, 5.41) is -0.748. The molecule has 19 heavy (non-hydrogen) atoms. The number of alkyl halides is 1. The zero-order valence-corrected chi connectivity index (χ0v) is 12.0. The molecule has 0 aromatic heterocycles. The van der Waals surface area contributed by atoms with Gasteiger partial charge in [0.2, 0.25) is 5.91 Å². The Bertz CT molecular complexity index is 544. The molecule has 4 nitrogen and oxygen atoms in total. The van der Waals surface area contributed by atoms with Crippen LogP contribution in [0.3, 0.4) is 0 Å². The summed E-state index contributed by atoms with van der Waals surface area (Å²) >= 11 is 6.17. The number of halogens is 1. The molecule has 104 valence electrons. The molecule has 1 aliphatic rings. The highest BCUT2D eigenvalue weighted by molar-refractivity contribution is 7.91. The first-order chi connectivity index (χ1) is 8.99. The Kier molecular flexibility index (Phi) is 4.47. The van der Waals surface area contributed by atoms with Crippen molar-refractivity contribution < 1.29 is 13.2 Å². The number of nitrogens with zero attached hydrogens (tertiary/aromatic N) is 1. The lowest BCUT2D eigenvalue weighted by Gasteiger charge is -2.22. The molecule has 1 saturated heterocycles. The van der Waals surface area contributed by atoms with Gasteiger partial charge in [0.25, 0.3) is 0 Å². The van der Waals surface area contributed by atoms with Crippen molar-refractivity contribution in [3.63, 3.8) is 0 Å². The number of carbonyl (C=O) groups excluding carboxylic acids is 1. The summed E-state index contributed by atoms with van der Waals surface area (Å²) in [7, 11) is -3.01.